The predicted octanol–water partition coefficient (Wildman–Crippen LogP) is 3.05. The molecule has 2 N–H and O–H groups in total. The molecule has 1 rings (SSSR count). The molecule has 0 amide bonds. The second kappa shape index (κ2) is 6.17. The Morgan fingerprint density at radius 1 is 1.50 bits per heavy atom. The van der Waals surface area contributed by atoms with Crippen molar-refractivity contribution in [2.75, 3.05) is 24.7 Å². The van der Waals surface area contributed by atoms with Gasteiger partial charge in [-0.05, 0) is 19.1 Å². The van der Waals surface area contributed by atoms with Gasteiger partial charge in [0.05, 0.1) is 11.6 Å². The van der Waals surface area contributed by atoms with Gasteiger partial charge in [0.15, 0.2) is 0 Å². The fourth-order valence-corrected chi connectivity index (χ4v) is 2.22. The molecular weight excluding hydrogens is 218 g/mol. The van der Waals surface area contributed by atoms with Crippen LogP contribution in [-0.4, -0.2) is 19.0 Å². The van der Waals surface area contributed by atoms with Crippen LogP contribution in [-0.2, 0) is 4.74 Å². The average Bonchev–Trinajstić information content (AvgIpc) is 2.16. The molecule has 0 spiro atoms. The fourth-order valence-electron chi connectivity index (χ4n) is 1.02. The van der Waals surface area contributed by atoms with E-state index in [9.17, 15) is 0 Å². The molecule has 0 fully saturated rings. The molecule has 78 valence electrons. The van der Waals surface area contributed by atoms with Crippen molar-refractivity contribution in [3.8, 4) is 0 Å². The molecule has 0 aliphatic carbocycles. The lowest BCUT2D eigenvalue weighted by Gasteiger charge is -2.07. The van der Waals surface area contributed by atoms with Gasteiger partial charge in [0.25, 0.3) is 0 Å². The minimum absolute atomic E-state index is 0.714. The molecule has 14 heavy (non-hydrogen) atoms. The highest BCUT2D eigenvalue weighted by molar-refractivity contribution is 7.99. The van der Waals surface area contributed by atoms with Gasteiger partial charge in [0, 0.05) is 22.9 Å². The maximum Gasteiger partial charge on any atom is 0.0562 e. The van der Waals surface area contributed by atoms with Gasteiger partial charge in [-0.25, -0.2) is 0 Å². The predicted molar refractivity (Wildman–Crippen MR) is 63.1 cm³/mol. The minimum Gasteiger partial charge on any atom is -0.398 e. The van der Waals surface area contributed by atoms with E-state index in [0.717, 1.165) is 29.5 Å². The Labute approximate surface area is 93.8 Å². The molecule has 0 unspecified atom stereocenters. The average molecular weight is 232 g/mol. The Balaban J connectivity index is 2.49. The summed E-state index contributed by atoms with van der Waals surface area (Å²) in [5, 5.41) is 0.714. The zero-order chi connectivity index (χ0) is 10.4. The van der Waals surface area contributed by atoms with Gasteiger partial charge in [0.2, 0.25) is 0 Å². The van der Waals surface area contributed by atoms with Crippen molar-refractivity contribution in [3.05, 3.63) is 23.2 Å². The zero-order valence-corrected chi connectivity index (χ0v) is 9.70. The summed E-state index contributed by atoms with van der Waals surface area (Å²) in [6.07, 6.45) is 0. The third kappa shape index (κ3) is 3.40. The Bertz CT molecular complexity index is 273. The normalized spacial score (nSPS) is 10.4. The van der Waals surface area contributed by atoms with Crippen LogP contribution in [0.5, 0.6) is 0 Å². The summed E-state index contributed by atoms with van der Waals surface area (Å²) in [5.74, 6) is 0.877. The summed E-state index contributed by atoms with van der Waals surface area (Å²) in [6.45, 7) is 3.46. The van der Waals surface area contributed by atoms with E-state index in [4.69, 9.17) is 22.1 Å². The standard InChI is InChI=1S/C10H14ClNOS/c1-2-13-6-7-14-10-8(11)4-3-5-9(10)12/h3-5H,2,6-7,12H2,1H3. The maximum absolute atomic E-state index is 6.00. The first-order valence-electron chi connectivity index (χ1n) is 4.50. The number of rotatable bonds is 5. The monoisotopic (exact) mass is 231 g/mol. The summed E-state index contributed by atoms with van der Waals surface area (Å²) in [6, 6.07) is 5.56. The van der Waals surface area contributed by atoms with Gasteiger partial charge in [-0.1, -0.05) is 17.7 Å². The van der Waals surface area contributed by atoms with Crippen LogP contribution in [0.1, 0.15) is 6.92 Å². The number of anilines is 1. The summed E-state index contributed by atoms with van der Waals surface area (Å²) >= 11 is 7.63. The largest absolute Gasteiger partial charge is 0.398 e. The van der Waals surface area contributed by atoms with Crippen LogP contribution in [0, 0.1) is 0 Å². The highest BCUT2D eigenvalue weighted by Crippen LogP contribution is 2.32. The van der Waals surface area contributed by atoms with Crippen molar-refractivity contribution in [2.45, 2.75) is 11.8 Å². The fraction of sp³-hybridized carbons (Fsp3) is 0.400. The van der Waals surface area contributed by atoms with E-state index in [1.165, 1.54) is 0 Å². The number of halogens is 1. The first-order valence-corrected chi connectivity index (χ1v) is 5.86. The van der Waals surface area contributed by atoms with Gasteiger partial charge >= 0.3 is 0 Å². The van der Waals surface area contributed by atoms with Crippen LogP contribution in [0.25, 0.3) is 0 Å². The van der Waals surface area contributed by atoms with E-state index in [-0.39, 0.29) is 0 Å². The van der Waals surface area contributed by atoms with E-state index >= 15 is 0 Å². The molecule has 1 aromatic rings. The van der Waals surface area contributed by atoms with Crippen LogP contribution in [0.2, 0.25) is 5.02 Å². The van der Waals surface area contributed by atoms with Gasteiger partial charge in [-0.3, -0.25) is 0 Å². The highest BCUT2D eigenvalue weighted by atomic mass is 35.5. The van der Waals surface area contributed by atoms with Crippen LogP contribution < -0.4 is 5.73 Å². The number of hydrogen-bond acceptors (Lipinski definition) is 3. The zero-order valence-electron chi connectivity index (χ0n) is 8.13. The first-order chi connectivity index (χ1) is 6.75. The molecule has 0 radical (unpaired) electrons. The van der Waals surface area contributed by atoms with Crippen LogP contribution in [0.4, 0.5) is 5.69 Å². The van der Waals surface area contributed by atoms with Crippen LogP contribution in [0.15, 0.2) is 23.1 Å². The van der Waals surface area contributed by atoms with E-state index in [1.54, 1.807) is 11.8 Å². The SMILES string of the molecule is CCOCCSc1c(N)cccc1Cl. The molecule has 0 aliphatic rings. The molecule has 0 atom stereocenters. The third-order valence-electron chi connectivity index (χ3n) is 1.68. The van der Waals surface area contributed by atoms with Crippen molar-refractivity contribution in [1.29, 1.82) is 0 Å². The molecule has 0 aromatic heterocycles. The summed E-state index contributed by atoms with van der Waals surface area (Å²) in [7, 11) is 0. The molecule has 0 aliphatic heterocycles. The quantitative estimate of drug-likeness (QED) is 0.481. The van der Waals surface area contributed by atoms with Crippen molar-refractivity contribution < 1.29 is 4.74 Å². The maximum atomic E-state index is 6.00. The molecule has 0 bridgehead atoms. The van der Waals surface area contributed by atoms with E-state index in [2.05, 4.69) is 0 Å². The Morgan fingerprint density at radius 3 is 2.93 bits per heavy atom. The third-order valence-corrected chi connectivity index (χ3v) is 3.22. The van der Waals surface area contributed by atoms with Crippen molar-refractivity contribution >= 4 is 29.1 Å². The van der Waals surface area contributed by atoms with Gasteiger partial charge < -0.3 is 10.5 Å². The lowest BCUT2D eigenvalue weighted by atomic mass is 10.3. The van der Waals surface area contributed by atoms with Gasteiger partial charge in [-0.2, -0.15) is 0 Å². The molecule has 1 aromatic carbocycles. The van der Waals surface area contributed by atoms with Gasteiger partial charge in [-0.15, -0.1) is 11.8 Å². The number of nitrogens with two attached hydrogens (primary N) is 1. The summed E-state index contributed by atoms with van der Waals surface area (Å²) in [5.41, 5.74) is 6.53. The van der Waals surface area contributed by atoms with E-state index in [1.807, 2.05) is 25.1 Å². The molecule has 0 saturated heterocycles. The van der Waals surface area contributed by atoms with Crippen LogP contribution in [0.3, 0.4) is 0 Å². The molecule has 2 nitrogen and oxygen atoms in total. The number of hydrogen-bond donors (Lipinski definition) is 1. The Kier molecular flexibility index (Phi) is 5.15. The smallest absolute Gasteiger partial charge is 0.0562 e. The van der Waals surface area contributed by atoms with Crippen molar-refractivity contribution in [3.63, 3.8) is 0 Å². The molecule has 0 saturated carbocycles. The lowest BCUT2D eigenvalue weighted by molar-refractivity contribution is 0.164. The number of benzene rings is 1. The number of nitrogen functional groups attached to an aromatic ring is 1. The summed E-state index contributed by atoms with van der Waals surface area (Å²) in [4.78, 5) is 0.953. The molecule has 0 heterocycles. The van der Waals surface area contributed by atoms with Crippen molar-refractivity contribution in [2.24, 2.45) is 0 Å². The number of thioether (sulfide) groups is 1. The topological polar surface area (TPSA) is 35.2 Å². The first kappa shape index (κ1) is 11.7. The van der Waals surface area contributed by atoms with E-state index in [0.29, 0.717) is 5.02 Å². The minimum atomic E-state index is 0.714. The lowest BCUT2D eigenvalue weighted by Crippen LogP contribution is -1.97. The molecule has 4 heteroatoms. The number of ether oxygens (including phenoxy) is 1. The van der Waals surface area contributed by atoms with Crippen LogP contribution >= 0.6 is 23.4 Å². The second-order valence-electron chi connectivity index (χ2n) is 2.70. The van der Waals surface area contributed by atoms with Gasteiger partial charge in [0.1, 0.15) is 0 Å². The Hall–Kier alpha value is -0.380. The second-order valence-corrected chi connectivity index (χ2v) is 4.22. The molecular formula is C10H14ClNOS. The Morgan fingerprint density at radius 2 is 2.29 bits per heavy atom. The highest BCUT2D eigenvalue weighted by Gasteiger charge is 2.04. The summed E-state index contributed by atoms with van der Waals surface area (Å²) < 4.78 is 5.23. The van der Waals surface area contributed by atoms with E-state index < -0.39 is 0 Å². The van der Waals surface area contributed by atoms with Crippen molar-refractivity contribution in [1.82, 2.24) is 0 Å².